The van der Waals surface area contributed by atoms with E-state index in [4.69, 9.17) is 8.83 Å². The fourth-order valence-corrected chi connectivity index (χ4v) is 1.68. The Morgan fingerprint density at radius 1 is 1.06 bits per heavy atom. The van der Waals surface area contributed by atoms with E-state index in [0.29, 0.717) is 11.1 Å². The first-order chi connectivity index (χ1) is 7.84. The van der Waals surface area contributed by atoms with Crippen LogP contribution in [0.2, 0.25) is 0 Å². The van der Waals surface area contributed by atoms with E-state index in [1.807, 2.05) is 24.3 Å². The van der Waals surface area contributed by atoms with Gasteiger partial charge in [0.1, 0.15) is 12.0 Å². The van der Waals surface area contributed by atoms with Gasteiger partial charge in [-0.05, 0) is 23.6 Å². The van der Waals surface area contributed by atoms with Gasteiger partial charge in [0.2, 0.25) is 0 Å². The van der Waals surface area contributed by atoms with E-state index in [1.165, 1.54) is 0 Å². The highest BCUT2D eigenvalue weighted by Gasteiger charge is 2.06. The molecule has 2 aromatic heterocycles. The normalized spacial score (nSPS) is 10.8. The van der Waals surface area contributed by atoms with Crippen LogP contribution in [0.25, 0.3) is 22.1 Å². The zero-order chi connectivity index (χ0) is 11.0. The third kappa shape index (κ3) is 1.34. The molecule has 0 aliphatic heterocycles. The molecule has 0 aliphatic carbocycles. The lowest BCUT2D eigenvalue weighted by molar-refractivity contribution is 0.530. The minimum absolute atomic E-state index is 0.325. The van der Waals surface area contributed by atoms with Crippen LogP contribution in [0.1, 0.15) is 0 Å². The lowest BCUT2D eigenvalue weighted by Crippen LogP contribution is -1.99. The Morgan fingerprint density at radius 3 is 2.75 bits per heavy atom. The number of rotatable bonds is 1. The SMILES string of the molecule is O=c1oc(-c2ccoc2)cc2ccccc12. The summed E-state index contributed by atoms with van der Waals surface area (Å²) in [6.07, 6.45) is 3.09. The van der Waals surface area contributed by atoms with Gasteiger partial charge >= 0.3 is 5.63 Å². The Hall–Kier alpha value is -2.29. The van der Waals surface area contributed by atoms with Gasteiger partial charge in [-0.15, -0.1) is 0 Å². The van der Waals surface area contributed by atoms with E-state index >= 15 is 0 Å². The number of furan rings is 1. The van der Waals surface area contributed by atoms with Crippen molar-refractivity contribution in [3.8, 4) is 11.3 Å². The van der Waals surface area contributed by atoms with Gasteiger partial charge in [-0.2, -0.15) is 0 Å². The van der Waals surface area contributed by atoms with Crippen molar-refractivity contribution in [2.75, 3.05) is 0 Å². The van der Waals surface area contributed by atoms with E-state index < -0.39 is 0 Å². The number of hydrogen-bond donors (Lipinski definition) is 0. The topological polar surface area (TPSA) is 43.4 Å². The van der Waals surface area contributed by atoms with Crippen molar-refractivity contribution in [2.45, 2.75) is 0 Å². The predicted molar refractivity (Wildman–Crippen MR) is 60.2 cm³/mol. The molecule has 3 aromatic rings. The van der Waals surface area contributed by atoms with Crippen LogP contribution in [0.3, 0.4) is 0 Å². The first-order valence-corrected chi connectivity index (χ1v) is 4.90. The molecular weight excluding hydrogens is 204 g/mol. The highest BCUT2D eigenvalue weighted by molar-refractivity contribution is 5.83. The van der Waals surface area contributed by atoms with Gasteiger partial charge in [0.05, 0.1) is 17.2 Å². The first kappa shape index (κ1) is 8.97. The van der Waals surface area contributed by atoms with Crippen LogP contribution in [-0.4, -0.2) is 0 Å². The molecule has 0 atom stereocenters. The minimum atomic E-state index is -0.325. The Bertz CT molecular complexity index is 678. The van der Waals surface area contributed by atoms with Crippen molar-refractivity contribution >= 4 is 10.8 Å². The van der Waals surface area contributed by atoms with Gasteiger partial charge in [0, 0.05) is 0 Å². The first-order valence-electron chi connectivity index (χ1n) is 4.90. The van der Waals surface area contributed by atoms with Gasteiger partial charge in [-0.1, -0.05) is 18.2 Å². The molecule has 0 saturated carbocycles. The van der Waals surface area contributed by atoms with Gasteiger partial charge in [0.25, 0.3) is 0 Å². The molecule has 0 N–H and O–H groups in total. The Morgan fingerprint density at radius 2 is 1.94 bits per heavy atom. The summed E-state index contributed by atoms with van der Waals surface area (Å²) in [6.45, 7) is 0. The molecule has 3 heteroatoms. The molecular formula is C13H8O3. The summed E-state index contributed by atoms with van der Waals surface area (Å²) in [5.41, 5.74) is 0.442. The van der Waals surface area contributed by atoms with Crippen LogP contribution in [0, 0.1) is 0 Å². The molecule has 3 rings (SSSR count). The van der Waals surface area contributed by atoms with Crippen molar-refractivity contribution in [1.82, 2.24) is 0 Å². The number of benzene rings is 1. The van der Waals surface area contributed by atoms with E-state index in [9.17, 15) is 4.79 Å². The van der Waals surface area contributed by atoms with Crippen LogP contribution in [0.15, 0.2) is 62.6 Å². The Labute approximate surface area is 90.9 Å². The molecule has 0 fully saturated rings. The third-order valence-electron chi connectivity index (χ3n) is 2.48. The lowest BCUT2D eigenvalue weighted by Gasteiger charge is -1.98. The summed E-state index contributed by atoms with van der Waals surface area (Å²) in [5.74, 6) is 0.525. The molecule has 0 bridgehead atoms. The Balaban J connectivity index is 2.34. The molecule has 2 heterocycles. The van der Waals surface area contributed by atoms with Gasteiger partial charge in [-0.3, -0.25) is 0 Å². The second-order valence-electron chi connectivity index (χ2n) is 3.50. The standard InChI is InChI=1S/C13H8O3/c14-13-11-4-2-1-3-9(11)7-12(16-13)10-5-6-15-8-10/h1-8H. The highest BCUT2D eigenvalue weighted by atomic mass is 16.4. The molecule has 0 amide bonds. The van der Waals surface area contributed by atoms with Crippen molar-refractivity contribution in [1.29, 1.82) is 0 Å². The quantitative estimate of drug-likeness (QED) is 0.622. The molecule has 78 valence electrons. The molecule has 0 radical (unpaired) electrons. The fraction of sp³-hybridized carbons (Fsp3) is 0. The zero-order valence-corrected chi connectivity index (χ0v) is 8.34. The third-order valence-corrected chi connectivity index (χ3v) is 2.48. The molecule has 0 saturated heterocycles. The molecule has 0 spiro atoms. The summed E-state index contributed by atoms with van der Waals surface area (Å²) < 4.78 is 10.2. The average molecular weight is 212 g/mol. The van der Waals surface area contributed by atoms with Gasteiger partial charge < -0.3 is 8.83 Å². The second-order valence-corrected chi connectivity index (χ2v) is 3.50. The van der Waals surface area contributed by atoms with Crippen molar-refractivity contribution in [3.05, 3.63) is 59.3 Å². The van der Waals surface area contributed by atoms with Crippen LogP contribution in [-0.2, 0) is 0 Å². The molecule has 16 heavy (non-hydrogen) atoms. The van der Waals surface area contributed by atoms with E-state index in [1.54, 1.807) is 24.7 Å². The van der Waals surface area contributed by atoms with Crippen molar-refractivity contribution in [3.63, 3.8) is 0 Å². The monoisotopic (exact) mass is 212 g/mol. The molecule has 0 aliphatic rings. The summed E-state index contributed by atoms with van der Waals surface area (Å²) >= 11 is 0. The smallest absolute Gasteiger partial charge is 0.344 e. The maximum atomic E-state index is 11.7. The van der Waals surface area contributed by atoms with Crippen molar-refractivity contribution in [2.24, 2.45) is 0 Å². The van der Waals surface area contributed by atoms with Crippen LogP contribution >= 0.6 is 0 Å². The summed E-state index contributed by atoms with van der Waals surface area (Å²) in [7, 11) is 0. The van der Waals surface area contributed by atoms with Crippen LogP contribution in [0.4, 0.5) is 0 Å². The second kappa shape index (κ2) is 3.38. The highest BCUT2D eigenvalue weighted by Crippen LogP contribution is 2.21. The fourth-order valence-electron chi connectivity index (χ4n) is 1.68. The average Bonchev–Trinajstić information content (AvgIpc) is 2.82. The summed E-state index contributed by atoms with van der Waals surface area (Å²) in [6, 6.07) is 10.9. The van der Waals surface area contributed by atoms with E-state index in [0.717, 1.165) is 10.9 Å². The minimum Gasteiger partial charge on any atom is -0.472 e. The lowest BCUT2D eigenvalue weighted by atomic mass is 10.1. The van der Waals surface area contributed by atoms with Crippen LogP contribution in [0.5, 0.6) is 0 Å². The van der Waals surface area contributed by atoms with Gasteiger partial charge in [-0.25, -0.2) is 4.79 Å². The number of hydrogen-bond acceptors (Lipinski definition) is 3. The molecule has 0 unspecified atom stereocenters. The summed E-state index contributed by atoms with van der Waals surface area (Å²) in [5, 5.41) is 1.46. The molecule has 3 nitrogen and oxygen atoms in total. The maximum absolute atomic E-state index is 11.7. The molecule has 1 aromatic carbocycles. The van der Waals surface area contributed by atoms with E-state index in [-0.39, 0.29) is 5.63 Å². The summed E-state index contributed by atoms with van der Waals surface area (Å²) in [4.78, 5) is 11.7. The Kier molecular flexibility index (Phi) is 1.90. The van der Waals surface area contributed by atoms with Gasteiger partial charge in [0.15, 0.2) is 0 Å². The predicted octanol–water partition coefficient (Wildman–Crippen LogP) is 3.05. The maximum Gasteiger partial charge on any atom is 0.344 e. The van der Waals surface area contributed by atoms with Crippen molar-refractivity contribution < 1.29 is 8.83 Å². The van der Waals surface area contributed by atoms with E-state index in [2.05, 4.69) is 0 Å². The number of fused-ring (bicyclic) bond motifs is 1. The zero-order valence-electron chi connectivity index (χ0n) is 8.34. The van der Waals surface area contributed by atoms with Crippen LogP contribution < -0.4 is 5.63 Å². The largest absolute Gasteiger partial charge is 0.472 e.